The molecule has 1 aromatic rings. The van der Waals surface area contributed by atoms with E-state index in [0.29, 0.717) is 23.6 Å². The van der Waals surface area contributed by atoms with E-state index in [9.17, 15) is 15.0 Å². The van der Waals surface area contributed by atoms with Crippen LogP contribution in [0.15, 0.2) is 24.3 Å². The molecule has 2 rings (SSSR count). The summed E-state index contributed by atoms with van der Waals surface area (Å²) in [4.78, 5) is 12.3. The van der Waals surface area contributed by atoms with E-state index in [2.05, 4.69) is 0 Å². The van der Waals surface area contributed by atoms with E-state index < -0.39 is 11.9 Å². The van der Waals surface area contributed by atoms with Gasteiger partial charge in [-0.2, -0.15) is 0 Å². The molecule has 23 heavy (non-hydrogen) atoms. The number of carbonyl (C=O) groups excluding carboxylic acids is 1. The van der Waals surface area contributed by atoms with Crippen LogP contribution in [0.5, 0.6) is 5.75 Å². The third-order valence-electron chi connectivity index (χ3n) is 4.53. The number of Topliss-reactive ketones (excluding diaryl/α,β-unsaturated/α-hetero) is 1. The average Bonchev–Trinajstić information content (AvgIpc) is 3.04. The Labute approximate surface area is 141 Å². The lowest BCUT2D eigenvalue weighted by Gasteiger charge is -2.12. The number of ketones is 1. The normalized spacial score (nSPS) is 27.5. The van der Waals surface area contributed by atoms with Gasteiger partial charge in [0.25, 0.3) is 0 Å². The van der Waals surface area contributed by atoms with Gasteiger partial charge in [0.1, 0.15) is 18.0 Å². The molecule has 0 bridgehead atoms. The van der Waals surface area contributed by atoms with Crippen LogP contribution in [0.3, 0.4) is 0 Å². The van der Waals surface area contributed by atoms with Crippen LogP contribution in [0.25, 0.3) is 0 Å². The zero-order valence-corrected chi connectivity index (χ0v) is 14.1. The molecule has 1 fully saturated rings. The van der Waals surface area contributed by atoms with Gasteiger partial charge in [-0.25, -0.2) is 0 Å². The minimum atomic E-state index is -1.23. The zero-order chi connectivity index (χ0) is 17.0. The number of aliphatic hydroxyl groups is 2. The third-order valence-corrected chi connectivity index (χ3v) is 4.75. The second-order valence-corrected chi connectivity index (χ2v) is 6.29. The van der Waals surface area contributed by atoms with Crippen LogP contribution in [0.1, 0.15) is 30.6 Å². The van der Waals surface area contributed by atoms with Gasteiger partial charge in [-0.15, -0.1) is 11.6 Å². The van der Waals surface area contributed by atoms with Crippen molar-refractivity contribution in [3.8, 4) is 5.75 Å². The number of benzene rings is 1. The van der Waals surface area contributed by atoms with Crippen molar-refractivity contribution in [2.24, 2.45) is 11.8 Å². The number of aliphatic hydroxyl groups excluding tert-OH is 1. The van der Waals surface area contributed by atoms with Crippen molar-refractivity contribution in [1.29, 1.82) is 0 Å². The van der Waals surface area contributed by atoms with Crippen molar-refractivity contribution in [1.82, 2.24) is 0 Å². The van der Waals surface area contributed by atoms with Gasteiger partial charge in [-0.1, -0.05) is 13.8 Å². The Morgan fingerprint density at radius 3 is 2.39 bits per heavy atom. The summed E-state index contributed by atoms with van der Waals surface area (Å²) in [6, 6.07) is 6.67. The highest BCUT2D eigenvalue weighted by molar-refractivity contribution is 6.17. The Morgan fingerprint density at radius 2 is 1.87 bits per heavy atom. The van der Waals surface area contributed by atoms with E-state index in [4.69, 9.17) is 21.1 Å². The van der Waals surface area contributed by atoms with E-state index in [1.165, 1.54) is 0 Å². The molecule has 2 N–H and O–H groups in total. The molecule has 0 heterocycles. The minimum absolute atomic E-state index is 0.0116. The van der Waals surface area contributed by atoms with Crippen molar-refractivity contribution in [3.63, 3.8) is 0 Å². The van der Waals surface area contributed by atoms with Crippen LogP contribution in [0.4, 0.5) is 0 Å². The van der Waals surface area contributed by atoms with Crippen LogP contribution in [0, 0.1) is 11.8 Å². The number of hydrogen-bond donors (Lipinski definition) is 2. The SMILES string of the molecule is CC1C(C)C1(O)C(=O)c1ccc(OCCOC(O)CCCl)cc1. The molecule has 128 valence electrons. The van der Waals surface area contributed by atoms with Gasteiger partial charge in [0.05, 0.1) is 6.61 Å². The van der Waals surface area contributed by atoms with Crippen LogP contribution >= 0.6 is 11.6 Å². The highest BCUT2D eigenvalue weighted by Crippen LogP contribution is 2.51. The first-order chi connectivity index (χ1) is 10.9. The molecule has 3 unspecified atom stereocenters. The van der Waals surface area contributed by atoms with E-state index in [1.54, 1.807) is 24.3 Å². The second kappa shape index (κ2) is 7.62. The summed E-state index contributed by atoms with van der Waals surface area (Å²) in [5.41, 5.74) is -0.751. The van der Waals surface area contributed by atoms with E-state index >= 15 is 0 Å². The molecule has 0 radical (unpaired) electrons. The monoisotopic (exact) mass is 342 g/mol. The number of carbonyl (C=O) groups is 1. The lowest BCUT2D eigenvalue weighted by atomic mass is 10.0. The summed E-state index contributed by atoms with van der Waals surface area (Å²) in [5, 5.41) is 19.6. The van der Waals surface area contributed by atoms with Gasteiger partial charge in [0, 0.05) is 17.9 Å². The van der Waals surface area contributed by atoms with Crippen molar-refractivity contribution in [2.45, 2.75) is 32.2 Å². The molecular formula is C17H23ClO5. The predicted molar refractivity (Wildman–Crippen MR) is 86.8 cm³/mol. The molecule has 1 aromatic carbocycles. The zero-order valence-electron chi connectivity index (χ0n) is 13.4. The summed E-state index contributed by atoms with van der Waals surface area (Å²) in [6.45, 7) is 4.27. The lowest BCUT2D eigenvalue weighted by Crippen LogP contribution is -2.26. The summed E-state index contributed by atoms with van der Waals surface area (Å²) < 4.78 is 10.6. The Morgan fingerprint density at radius 1 is 1.26 bits per heavy atom. The number of alkyl halides is 1. The molecule has 5 nitrogen and oxygen atoms in total. The van der Waals surface area contributed by atoms with Crippen LogP contribution < -0.4 is 4.74 Å². The second-order valence-electron chi connectivity index (χ2n) is 5.91. The van der Waals surface area contributed by atoms with Crippen molar-refractivity contribution >= 4 is 17.4 Å². The van der Waals surface area contributed by atoms with Gasteiger partial charge in [-0.3, -0.25) is 4.79 Å². The van der Waals surface area contributed by atoms with Gasteiger partial charge in [0.2, 0.25) is 0 Å². The molecule has 0 saturated heterocycles. The Bertz CT molecular complexity index is 522. The Balaban J connectivity index is 1.80. The maximum atomic E-state index is 12.3. The summed E-state index contributed by atoms with van der Waals surface area (Å²) >= 11 is 5.48. The molecule has 0 aromatic heterocycles. The molecule has 0 amide bonds. The fourth-order valence-corrected chi connectivity index (χ4v) is 2.81. The third kappa shape index (κ3) is 4.04. The molecule has 1 aliphatic carbocycles. The summed E-state index contributed by atoms with van der Waals surface area (Å²) in [5.74, 6) is 0.670. The van der Waals surface area contributed by atoms with E-state index in [1.807, 2.05) is 13.8 Å². The lowest BCUT2D eigenvalue weighted by molar-refractivity contribution is -0.105. The smallest absolute Gasteiger partial charge is 0.194 e. The van der Waals surface area contributed by atoms with Gasteiger partial charge in [-0.05, 0) is 36.1 Å². The quantitative estimate of drug-likeness (QED) is 0.311. The number of halogens is 1. The van der Waals surface area contributed by atoms with Crippen LogP contribution in [0.2, 0.25) is 0 Å². The molecular weight excluding hydrogens is 320 g/mol. The fourth-order valence-electron chi connectivity index (χ4n) is 2.62. The maximum Gasteiger partial charge on any atom is 0.194 e. The van der Waals surface area contributed by atoms with Crippen molar-refractivity contribution < 1.29 is 24.5 Å². The number of ether oxygens (including phenoxy) is 2. The number of rotatable bonds is 9. The van der Waals surface area contributed by atoms with Gasteiger partial charge < -0.3 is 19.7 Å². The average molecular weight is 343 g/mol. The first kappa shape index (κ1) is 18.2. The molecule has 1 saturated carbocycles. The molecule has 1 aliphatic rings. The Kier molecular flexibility index (Phi) is 6.03. The molecule has 3 atom stereocenters. The van der Waals surface area contributed by atoms with Gasteiger partial charge in [0.15, 0.2) is 12.1 Å². The Hall–Kier alpha value is -1.14. The maximum absolute atomic E-state index is 12.3. The molecule has 0 aliphatic heterocycles. The number of hydrogen-bond acceptors (Lipinski definition) is 5. The largest absolute Gasteiger partial charge is 0.491 e. The first-order valence-electron chi connectivity index (χ1n) is 7.77. The van der Waals surface area contributed by atoms with Crippen molar-refractivity contribution in [3.05, 3.63) is 29.8 Å². The minimum Gasteiger partial charge on any atom is -0.491 e. The molecule has 6 heteroatoms. The van der Waals surface area contributed by atoms with Crippen LogP contribution in [-0.4, -0.2) is 47.0 Å². The molecule has 0 spiro atoms. The fraction of sp³-hybridized carbons (Fsp3) is 0.588. The first-order valence-corrected chi connectivity index (χ1v) is 8.30. The highest BCUT2D eigenvalue weighted by Gasteiger charge is 2.63. The van der Waals surface area contributed by atoms with Crippen LogP contribution in [-0.2, 0) is 4.74 Å². The summed E-state index contributed by atoms with van der Waals surface area (Å²) in [6.07, 6.45) is -0.502. The standard InChI is InChI=1S/C17H23ClO5/c1-11-12(2)17(11,21)16(20)13-3-5-14(6-4-13)22-9-10-23-15(19)7-8-18/h3-6,11-12,15,19,21H,7-10H2,1-2H3. The van der Waals surface area contributed by atoms with E-state index in [-0.39, 0.29) is 30.8 Å². The highest BCUT2D eigenvalue weighted by atomic mass is 35.5. The topological polar surface area (TPSA) is 76.0 Å². The van der Waals surface area contributed by atoms with Crippen molar-refractivity contribution in [2.75, 3.05) is 19.1 Å². The van der Waals surface area contributed by atoms with Gasteiger partial charge >= 0.3 is 0 Å². The van der Waals surface area contributed by atoms with E-state index in [0.717, 1.165) is 0 Å². The predicted octanol–water partition coefficient (Wildman–Crippen LogP) is 2.23. The summed E-state index contributed by atoms with van der Waals surface area (Å²) in [7, 11) is 0.